The van der Waals surface area contributed by atoms with Crippen molar-refractivity contribution in [2.45, 2.75) is 39.0 Å². The van der Waals surface area contributed by atoms with Gasteiger partial charge in [0.1, 0.15) is 0 Å². The van der Waals surface area contributed by atoms with Crippen LogP contribution in [0.1, 0.15) is 38.0 Å². The van der Waals surface area contributed by atoms with Crippen LogP contribution >= 0.6 is 0 Å². The van der Waals surface area contributed by atoms with Crippen LogP contribution in [-0.4, -0.2) is 35.8 Å². The van der Waals surface area contributed by atoms with E-state index >= 15 is 0 Å². The minimum Gasteiger partial charge on any atom is -0.504 e. The van der Waals surface area contributed by atoms with E-state index in [1.54, 1.807) is 0 Å². The first-order valence-electron chi connectivity index (χ1n) is 6.60. The second-order valence-electron chi connectivity index (χ2n) is 6.00. The van der Waals surface area contributed by atoms with E-state index in [1.165, 1.54) is 6.07 Å². The first kappa shape index (κ1) is 16.8. The standard InChI is InChI=1S/C13H19NO7S/c1-13(2,3)14-5-9(16)7-4-10-11(17)8(6-15)12(7)21-22(18,19)20-10/h4,9,14-17H,5-6H2,1-3H3/t9-/m0/s1. The van der Waals surface area contributed by atoms with Gasteiger partial charge in [0.25, 0.3) is 0 Å². The number of nitrogens with one attached hydrogen (secondary N) is 1. The molecule has 0 fully saturated rings. The molecule has 0 radical (unpaired) electrons. The number of aromatic hydroxyl groups is 1. The summed E-state index contributed by atoms with van der Waals surface area (Å²) in [6, 6.07) is 1.18. The van der Waals surface area contributed by atoms with Gasteiger partial charge >= 0.3 is 10.4 Å². The predicted octanol–water partition coefficient (Wildman–Crippen LogP) is 0.322. The molecule has 0 unspecified atom stereocenters. The Morgan fingerprint density at radius 3 is 2.50 bits per heavy atom. The molecular formula is C13H19NO7S. The lowest BCUT2D eigenvalue weighted by Gasteiger charge is -2.23. The summed E-state index contributed by atoms with van der Waals surface area (Å²) in [6.45, 7) is 5.17. The second kappa shape index (κ2) is 5.58. The molecule has 2 bridgehead atoms. The molecule has 8 nitrogen and oxygen atoms in total. The summed E-state index contributed by atoms with van der Waals surface area (Å²) in [7, 11) is -4.41. The molecule has 1 aromatic rings. The molecule has 1 aromatic carbocycles. The van der Waals surface area contributed by atoms with Gasteiger partial charge in [-0.05, 0) is 26.8 Å². The third-order valence-electron chi connectivity index (χ3n) is 3.06. The van der Waals surface area contributed by atoms with E-state index in [-0.39, 0.29) is 29.0 Å². The van der Waals surface area contributed by atoms with Gasteiger partial charge in [-0.1, -0.05) is 0 Å². The maximum atomic E-state index is 11.6. The summed E-state index contributed by atoms with van der Waals surface area (Å²) in [4.78, 5) is 0. The number of aliphatic hydroxyl groups excluding tert-OH is 2. The molecule has 3 rings (SSSR count). The Morgan fingerprint density at radius 2 is 1.95 bits per heavy atom. The average Bonchev–Trinajstić information content (AvgIpc) is 2.57. The van der Waals surface area contributed by atoms with Crippen LogP contribution in [0.25, 0.3) is 0 Å². The summed E-state index contributed by atoms with van der Waals surface area (Å²) in [5.74, 6) is -1.24. The molecule has 22 heavy (non-hydrogen) atoms. The molecule has 1 atom stereocenters. The molecule has 0 spiro atoms. The zero-order valence-electron chi connectivity index (χ0n) is 12.5. The van der Waals surface area contributed by atoms with Crippen LogP contribution in [-0.2, 0) is 17.0 Å². The summed E-state index contributed by atoms with van der Waals surface area (Å²) in [6.07, 6.45) is -1.12. The first-order valence-corrected chi connectivity index (χ1v) is 7.94. The molecule has 4 N–H and O–H groups in total. The third-order valence-corrected chi connectivity index (χ3v) is 3.82. The lowest BCUT2D eigenvalue weighted by Crippen LogP contribution is -2.38. The number of β-amino-alcohol motifs (C(OH)–C–C–N with tert-alkyl or cyclic N) is 1. The van der Waals surface area contributed by atoms with Crippen molar-refractivity contribution in [2.24, 2.45) is 0 Å². The molecule has 0 amide bonds. The van der Waals surface area contributed by atoms with Crippen LogP contribution < -0.4 is 13.7 Å². The highest BCUT2D eigenvalue weighted by atomic mass is 32.3. The van der Waals surface area contributed by atoms with E-state index in [0.717, 1.165) is 0 Å². The Morgan fingerprint density at radius 1 is 1.32 bits per heavy atom. The molecule has 124 valence electrons. The van der Waals surface area contributed by atoms with Crippen molar-refractivity contribution in [3.8, 4) is 17.2 Å². The minimum absolute atomic E-state index is 0.106. The molecule has 0 saturated carbocycles. The summed E-state index contributed by atoms with van der Waals surface area (Å²) in [5.41, 5.74) is -0.303. The topological polar surface area (TPSA) is 125 Å². The van der Waals surface area contributed by atoms with Crippen molar-refractivity contribution in [2.75, 3.05) is 6.54 Å². The lowest BCUT2D eigenvalue weighted by molar-refractivity contribution is 0.161. The maximum Gasteiger partial charge on any atom is 0.501 e. The minimum atomic E-state index is -4.41. The number of phenols is 1. The van der Waals surface area contributed by atoms with Crippen LogP contribution in [0.3, 0.4) is 0 Å². The molecule has 2 aliphatic heterocycles. The van der Waals surface area contributed by atoms with Crippen molar-refractivity contribution in [1.29, 1.82) is 0 Å². The summed E-state index contributed by atoms with van der Waals surface area (Å²) >= 11 is 0. The van der Waals surface area contributed by atoms with Crippen LogP contribution in [0, 0.1) is 0 Å². The van der Waals surface area contributed by atoms with Crippen molar-refractivity contribution < 1.29 is 32.1 Å². The van der Waals surface area contributed by atoms with Crippen LogP contribution in [0.5, 0.6) is 17.2 Å². The van der Waals surface area contributed by atoms with Crippen LogP contribution in [0.4, 0.5) is 0 Å². The van der Waals surface area contributed by atoms with Crippen molar-refractivity contribution in [1.82, 2.24) is 5.32 Å². The van der Waals surface area contributed by atoms with Gasteiger partial charge in [0.15, 0.2) is 17.2 Å². The van der Waals surface area contributed by atoms with E-state index < -0.39 is 34.6 Å². The number of aliphatic hydroxyl groups is 2. The average molecular weight is 333 g/mol. The Kier molecular flexibility index (Phi) is 4.26. The molecular weight excluding hydrogens is 314 g/mol. The van der Waals surface area contributed by atoms with Gasteiger partial charge in [0, 0.05) is 17.6 Å². The fourth-order valence-corrected chi connectivity index (χ4v) is 2.79. The summed E-state index contributed by atoms with van der Waals surface area (Å²) in [5, 5.41) is 32.5. The van der Waals surface area contributed by atoms with E-state index in [4.69, 9.17) is 4.18 Å². The molecule has 9 heteroatoms. The lowest BCUT2D eigenvalue weighted by atomic mass is 10.0. The fourth-order valence-electron chi connectivity index (χ4n) is 2.00. The van der Waals surface area contributed by atoms with E-state index in [1.807, 2.05) is 20.8 Å². The second-order valence-corrected chi connectivity index (χ2v) is 7.15. The highest BCUT2D eigenvalue weighted by Gasteiger charge is 2.34. The number of benzene rings is 1. The van der Waals surface area contributed by atoms with E-state index in [2.05, 4.69) is 9.50 Å². The molecule has 2 aliphatic rings. The zero-order chi connectivity index (χ0) is 16.7. The van der Waals surface area contributed by atoms with Crippen molar-refractivity contribution in [3.63, 3.8) is 0 Å². The highest BCUT2D eigenvalue weighted by molar-refractivity contribution is 7.82. The Hall–Kier alpha value is -1.55. The van der Waals surface area contributed by atoms with Gasteiger partial charge < -0.3 is 29.0 Å². The fraction of sp³-hybridized carbons (Fsp3) is 0.538. The Balaban J connectivity index is 2.45. The van der Waals surface area contributed by atoms with Gasteiger partial charge in [-0.3, -0.25) is 0 Å². The largest absolute Gasteiger partial charge is 0.504 e. The highest BCUT2D eigenvalue weighted by Crippen LogP contribution is 2.45. The quantitative estimate of drug-likeness (QED) is 0.621. The third kappa shape index (κ3) is 3.43. The monoisotopic (exact) mass is 333 g/mol. The van der Waals surface area contributed by atoms with E-state index in [9.17, 15) is 23.7 Å². The van der Waals surface area contributed by atoms with Gasteiger partial charge in [-0.15, -0.1) is 8.42 Å². The summed E-state index contributed by atoms with van der Waals surface area (Å²) < 4.78 is 32.5. The number of rotatable bonds is 4. The van der Waals surface area contributed by atoms with Gasteiger partial charge in [0.2, 0.25) is 0 Å². The van der Waals surface area contributed by atoms with Gasteiger partial charge in [-0.2, -0.15) is 0 Å². The Bertz CT molecular complexity index is 679. The van der Waals surface area contributed by atoms with Crippen molar-refractivity contribution >= 4 is 10.4 Å². The van der Waals surface area contributed by atoms with Crippen molar-refractivity contribution in [3.05, 3.63) is 17.2 Å². The SMILES string of the molecule is CC(C)(C)NC[C@H](O)c1cc2c(O)c(CO)c1OS(=O)(=O)O2. The molecule has 2 heterocycles. The number of hydrogen-bond donors (Lipinski definition) is 4. The number of fused-ring (bicyclic) bond motifs is 4. The molecule has 0 aliphatic carbocycles. The molecule has 0 aromatic heterocycles. The van der Waals surface area contributed by atoms with E-state index in [0.29, 0.717) is 0 Å². The normalized spacial score (nSPS) is 17.5. The smallest absolute Gasteiger partial charge is 0.501 e. The number of hydrogen-bond acceptors (Lipinski definition) is 8. The maximum absolute atomic E-state index is 11.6. The molecule has 0 saturated heterocycles. The Labute approximate surface area is 128 Å². The van der Waals surface area contributed by atoms with Gasteiger partial charge in [0.05, 0.1) is 18.3 Å². The van der Waals surface area contributed by atoms with Gasteiger partial charge in [-0.25, -0.2) is 0 Å². The first-order chi connectivity index (χ1) is 10.0. The zero-order valence-corrected chi connectivity index (χ0v) is 13.3. The predicted molar refractivity (Wildman–Crippen MR) is 76.9 cm³/mol. The van der Waals surface area contributed by atoms with Crippen LogP contribution in [0.15, 0.2) is 6.07 Å². The van der Waals surface area contributed by atoms with Crippen LogP contribution in [0.2, 0.25) is 0 Å².